The Hall–Kier alpha value is -1.81. The number of benzene rings is 2. The number of aliphatic hydroxyl groups excluding tert-OH is 2. The zero-order valence-corrected chi connectivity index (χ0v) is 17.4. The summed E-state index contributed by atoms with van der Waals surface area (Å²) in [6, 6.07) is 7.65. The second kappa shape index (κ2) is 9.55. The lowest BCUT2D eigenvalue weighted by Gasteiger charge is -2.32. The zero-order valence-electron chi connectivity index (χ0n) is 17.4. The van der Waals surface area contributed by atoms with Gasteiger partial charge in [-0.3, -0.25) is 0 Å². The summed E-state index contributed by atoms with van der Waals surface area (Å²) in [5.41, 5.74) is 0.590. The van der Waals surface area contributed by atoms with Crippen LogP contribution in [0.5, 0.6) is 0 Å². The van der Waals surface area contributed by atoms with Gasteiger partial charge in [0.2, 0.25) is 0 Å². The molecule has 0 spiro atoms. The van der Waals surface area contributed by atoms with Gasteiger partial charge >= 0.3 is 14.2 Å². The lowest BCUT2D eigenvalue weighted by Crippen LogP contribution is -2.41. The van der Waals surface area contributed by atoms with Gasteiger partial charge in [0.15, 0.2) is 0 Å². The van der Waals surface area contributed by atoms with E-state index in [1.165, 1.54) is 18.2 Å². The van der Waals surface area contributed by atoms with Crippen molar-refractivity contribution >= 4 is 25.2 Å². The summed E-state index contributed by atoms with van der Waals surface area (Å²) >= 11 is 0. The SMILES string of the molecule is CC1(C)OB(c2ccc(F)cc2CO)OC1(C)C.OCc1cc(F)ccc1B(O)O. The fourth-order valence-electron chi connectivity index (χ4n) is 2.87. The molecule has 0 atom stereocenters. The summed E-state index contributed by atoms with van der Waals surface area (Å²) in [6.07, 6.45) is 0. The van der Waals surface area contributed by atoms with Gasteiger partial charge in [0, 0.05) is 0 Å². The van der Waals surface area contributed by atoms with Gasteiger partial charge in [-0.15, -0.1) is 0 Å². The van der Waals surface area contributed by atoms with Crippen LogP contribution in [-0.2, 0) is 22.5 Å². The Kier molecular flexibility index (Phi) is 7.79. The monoisotopic (exact) mass is 422 g/mol. The molecule has 2 aromatic carbocycles. The standard InChI is InChI=1S/C13H18BFO3.C7H8BFO3/c1-12(2)13(3,4)18-14(17-12)11-6-5-10(15)7-9(11)8-16;9-6-1-2-7(8(11)12)5(3-6)4-10/h5-7,16H,8H2,1-4H3;1-3,10-12H,4H2. The quantitative estimate of drug-likeness (QED) is 0.540. The average Bonchev–Trinajstić information content (AvgIpc) is 2.88. The molecule has 4 N–H and O–H groups in total. The Morgan fingerprint density at radius 3 is 1.77 bits per heavy atom. The Morgan fingerprint density at radius 1 is 0.833 bits per heavy atom. The van der Waals surface area contributed by atoms with Gasteiger partial charge < -0.3 is 29.6 Å². The average molecular weight is 422 g/mol. The van der Waals surface area contributed by atoms with E-state index in [1.54, 1.807) is 6.07 Å². The first-order valence-electron chi connectivity index (χ1n) is 9.42. The van der Waals surface area contributed by atoms with E-state index in [2.05, 4.69) is 0 Å². The highest BCUT2D eigenvalue weighted by Crippen LogP contribution is 2.36. The fourth-order valence-corrected chi connectivity index (χ4v) is 2.87. The molecular formula is C20H26B2F2O6. The highest BCUT2D eigenvalue weighted by molar-refractivity contribution is 6.62. The Labute approximate surface area is 175 Å². The Bertz CT molecular complexity index is 860. The van der Waals surface area contributed by atoms with Crippen LogP contribution in [0.2, 0.25) is 0 Å². The molecule has 162 valence electrons. The lowest BCUT2D eigenvalue weighted by molar-refractivity contribution is 0.00578. The molecular weight excluding hydrogens is 396 g/mol. The maximum atomic E-state index is 13.1. The van der Waals surface area contributed by atoms with Crippen LogP contribution >= 0.6 is 0 Å². The second-order valence-electron chi connectivity index (χ2n) is 7.96. The summed E-state index contributed by atoms with van der Waals surface area (Å²) in [7, 11) is -2.24. The molecule has 1 saturated heterocycles. The van der Waals surface area contributed by atoms with E-state index >= 15 is 0 Å². The predicted octanol–water partition coefficient (Wildman–Crippen LogP) is 0.615. The van der Waals surface area contributed by atoms with Crippen molar-refractivity contribution in [3.8, 4) is 0 Å². The zero-order chi connectivity index (χ0) is 22.7. The summed E-state index contributed by atoms with van der Waals surface area (Å²) in [4.78, 5) is 0. The van der Waals surface area contributed by atoms with Crippen molar-refractivity contribution < 1.29 is 38.4 Å². The van der Waals surface area contributed by atoms with E-state index in [0.29, 0.717) is 11.0 Å². The Morgan fingerprint density at radius 2 is 1.30 bits per heavy atom. The number of rotatable bonds is 4. The molecule has 0 aliphatic carbocycles. The molecule has 10 heteroatoms. The molecule has 30 heavy (non-hydrogen) atoms. The minimum Gasteiger partial charge on any atom is -0.423 e. The van der Waals surface area contributed by atoms with Crippen molar-refractivity contribution in [3.63, 3.8) is 0 Å². The van der Waals surface area contributed by atoms with Crippen molar-refractivity contribution in [3.05, 3.63) is 59.2 Å². The third-order valence-corrected chi connectivity index (χ3v) is 5.34. The normalized spacial score (nSPS) is 16.8. The summed E-state index contributed by atoms with van der Waals surface area (Å²) in [5, 5.41) is 35.5. The summed E-state index contributed by atoms with van der Waals surface area (Å²) in [6.45, 7) is 7.16. The minimum absolute atomic E-state index is 0.124. The van der Waals surface area contributed by atoms with E-state index in [4.69, 9.17) is 24.5 Å². The highest BCUT2D eigenvalue weighted by Gasteiger charge is 2.52. The van der Waals surface area contributed by atoms with Crippen molar-refractivity contribution in [1.29, 1.82) is 0 Å². The van der Waals surface area contributed by atoms with Crippen molar-refractivity contribution in [2.45, 2.75) is 52.1 Å². The van der Waals surface area contributed by atoms with Gasteiger partial charge in [0.1, 0.15) is 11.6 Å². The van der Waals surface area contributed by atoms with Crippen LogP contribution < -0.4 is 10.9 Å². The van der Waals surface area contributed by atoms with Crippen LogP contribution in [0.15, 0.2) is 36.4 Å². The molecule has 0 aromatic heterocycles. The van der Waals surface area contributed by atoms with E-state index in [9.17, 15) is 13.9 Å². The van der Waals surface area contributed by atoms with Crippen LogP contribution in [0, 0.1) is 11.6 Å². The molecule has 0 amide bonds. The molecule has 3 rings (SSSR count). The van der Waals surface area contributed by atoms with E-state index < -0.39 is 37.9 Å². The van der Waals surface area contributed by atoms with Gasteiger partial charge in [-0.25, -0.2) is 8.78 Å². The first-order chi connectivity index (χ1) is 13.9. The number of hydrogen-bond donors (Lipinski definition) is 4. The van der Waals surface area contributed by atoms with Crippen molar-refractivity contribution in [1.82, 2.24) is 0 Å². The number of aliphatic hydroxyl groups is 2. The van der Waals surface area contributed by atoms with Crippen LogP contribution in [0.25, 0.3) is 0 Å². The van der Waals surface area contributed by atoms with Gasteiger partial charge in [0.25, 0.3) is 0 Å². The van der Waals surface area contributed by atoms with Gasteiger partial charge in [-0.1, -0.05) is 12.1 Å². The molecule has 6 nitrogen and oxygen atoms in total. The predicted molar refractivity (Wildman–Crippen MR) is 110 cm³/mol. The third-order valence-electron chi connectivity index (χ3n) is 5.34. The first-order valence-corrected chi connectivity index (χ1v) is 9.42. The number of halogens is 2. The molecule has 1 fully saturated rings. The molecule has 0 radical (unpaired) electrons. The highest BCUT2D eigenvalue weighted by atomic mass is 19.1. The molecule has 1 aliphatic rings. The summed E-state index contributed by atoms with van der Waals surface area (Å²) < 4.78 is 37.4. The van der Waals surface area contributed by atoms with Crippen LogP contribution in [-0.4, -0.2) is 45.7 Å². The first kappa shape index (κ1) is 24.5. The number of hydrogen-bond acceptors (Lipinski definition) is 6. The molecule has 1 heterocycles. The Balaban J connectivity index is 0.000000232. The molecule has 1 aliphatic heterocycles. The van der Waals surface area contributed by atoms with Crippen molar-refractivity contribution in [2.24, 2.45) is 0 Å². The van der Waals surface area contributed by atoms with Gasteiger partial charge in [-0.2, -0.15) is 0 Å². The van der Waals surface area contributed by atoms with Crippen molar-refractivity contribution in [2.75, 3.05) is 0 Å². The molecule has 0 bridgehead atoms. The maximum absolute atomic E-state index is 13.1. The van der Waals surface area contributed by atoms with Gasteiger partial charge in [-0.05, 0) is 74.0 Å². The third kappa shape index (κ3) is 5.46. The second-order valence-corrected chi connectivity index (χ2v) is 7.96. The molecule has 0 saturated carbocycles. The van der Waals surface area contributed by atoms with E-state index in [-0.39, 0.29) is 23.5 Å². The minimum atomic E-state index is -1.67. The van der Waals surface area contributed by atoms with Gasteiger partial charge in [0.05, 0.1) is 24.4 Å². The van der Waals surface area contributed by atoms with E-state index in [0.717, 1.165) is 12.1 Å². The van der Waals surface area contributed by atoms with Crippen LogP contribution in [0.3, 0.4) is 0 Å². The molecule has 0 unspecified atom stereocenters. The summed E-state index contributed by atoms with van der Waals surface area (Å²) in [5.74, 6) is -0.886. The maximum Gasteiger partial charge on any atom is 0.495 e. The van der Waals surface area contributed by atoms with Crippen LogP contribution in [0.1, 0.15) is 38.8 Å². The largest absolute Gasteiger partial charge is 0.495 e. The smallest absolute Gasteiger partial charge is 0.423 e. The fraction of sp³-hybridized carbons (Fsp3) is 0.400. The molecule has 2 aromatic rings. The van der Waals surface area contributed by atoms with E-state index in [1.807, 2.05) is 27.7 Å². The topological polar surface area (TPSA) is 99.4 Å². The lowest BCUT2D eigenvalue weighted by atomic mass is 9.76. The van der Waals surface area contributed by atoms with Crippen LogP contribution in [0.4, 0.5) is 8.78 Å².